The topological polar surface area (TPSA) is 66.8 Å². The first-order valence-corrected chi connectivity index (χ1v) is 6.28. The molecular formula is C14H19NO4. The number of aliphatic carboxylic acids is 1. The maximum atomic E-state index is 11.8. The largest absolute Gasteiger partial charge is 0.483 e. The van der Waals surface area contributed by atoms with Crippen LogP contribution in [-0.2, 0) is 16.0 Å². The number of amides is 1. The van der Waals surface area contributed by atoms with Gasteiger partial charge in [0.15, 0.2) is 6.61 Å². The maximum Gasteiger partial charge on any atom is 0.307 e. The summed E-state index contributed by atoms with van der Waals surface area (Å²) in [6, 6.07) is 6.86. The lowest BCUT2D eigenvalue weighted by atomic mass is 10.1. The lowest BCUT2D eigenvalue weighted by Crippen LogP contribution is -2.34. The van der Waals surface area contributed by atoms with Crippen LogP contribution in [0.3, 0.4) is 0 Å². The molecule has 19 heavy (non-hydrogen) atoms. The summed E-state index contributed by atoms with van der Waals surface area (Å²) in [6.07, 6.45) is -0.115. The minimum atomic E-state index is -0.925. The monoisotopic (exact) mass is 265 g/mol. The molecule has 0 heterocycles. The van der Waals surface area contributed by atoms with Gasteiger partial charge in [0.25, 0.3) is 5.91 Å². The lowest BCUT2D eigenvalue weighted by molar-refractivity contribution is -0.136. The number of para-hydroxylation sites is 1. The quantitative estimate of drug-likeness (QED) is 0.812. The zero-order chi connectivity index (χ0) is 14.3. The number of likely N-dealkylation sites (N-methyl/N-ethyl adjacent to an activating group) is 1. The number of benzene rings is 1. The van der Waals surface area contributed by atoms with Crippen molar-refractivity contribution in [1.29, 1.82) is 0 Å². The van der Waals surface area contributed by atoms with Crippen LogP contribution in [-0.4, -0.2) is 41.6 Å². The Kier molecular flexibility index (Phi) is 5.85. The summed E-state index contributed by atoms with van der Waals surface area (Å²) in [7, 11) is 0. The molecule has 1 rings (SSSR count). The van der Waals surface area contributed by atoms with E-state index < -0.39 is 5.97 Å². The second-order valence-corrected chi connectivity index (χ2v) is 4.03. The standard InChI is InChI=1S/C14H19NO4/c1-3-15(4-2)13(16)10-19-12-8-6-5-7-11(12)9-14(17)18/h5-8H,3-4,9-10H2,1-2H3,(H,17,18). The molecule has 0 aliphatic carbocycles. The number of ether oxygens (including phenoxy) is 1. The molecule has 5 heteroatoms. The Bertz CT molecular complexity index is 441. The van der Waals surface area contributed by atoms with Crippen LogP contribution in [0, 0.1) is 0 Å². The zero-order valence-corrected chi connectivity index (χ0v) is 11.3. The minimum absolute atomic E-state index is 0.0711. The molecule has 1 N–H and O–H groups in total. The minimum Gasteiger partial charge on any atom is -0.483 e. The van der Waals surface area contributed by atoms with E-state index in [4.69, 9.17) is 9.84 Å². The average Bonchev–Trinajstić information content (AvgIpc) is 2.38. The molecule has 0 aromatic heterocycles. The van der Waals surface area contributed by atoms with Crippen LogP contribution < -0.4 is 4.74 Å². The Morgan fingerprint density at radius 3 is 2.42 bits per heavy atom. The Balaban J connectivity index is 2.67. The second-order valence-electron chi connectivity index (χ2n) is 4.03. The van der Waals surface area contributed by atoms with Crippen LogP contribution >= 0.6 is 0 Å². The molecule has 0 fully saturated rings. The Hall–Kier alpha value is -2.04. The molecule has 0 unspecified atom stereocenters. The van der Waals surface area contributed by atoms with Crippen LogP contribution in [0.2, 0.25) is 0 Å². The predicted octanol–water partition coefficient (Wildman–Crippen LogP) is 1.56. The van der Waals surface area contributed by atoms with Crippen molar-refractivity contribution in [3.05, 3.63) is 29.8 Å². The first-order chi connectivity index (χ1) is 9.08. The third-order valence-corrected chi connectivity index (χ3v) is 2.78. The Morgan fingerprint density at radius 1 is 1.21 bits per heavy atom. The number of carboxylic acids is 1. The van der Waals surface area contributed by atoms with E-state index >= 15 is 0 Å². The SMILES string of the molecule is CCN(CC)C(=O)COc1ccccc1CC(=O)O. The van der Waals surface area contributed by atoms with Gasteiger partial charge in [-0.25, -0.2) is 0 Å². The molecule has 0 aliphatic heterocycles. The number of carboxylic acid groups (broad SMARTS) is 1. The van der Waals surface area contributed by atoms with E-state index in [1.165, 1.54) is 0 Å². The van der Waals surface area contributed by atoms with Gasteiger partial charge in [-0.1, -0.05) is 18.2 Å². The third-order valence-electron chi connectivity index (χ3n) is 2.78. The van der Waals surface area contributed by atoms with Crippen molar-refractivity contribution in [3.63, 3.8) is 0 Å². The van der Waals surface area contributed by atoms with Crippen molar-refractivity contribution in [2.75, 3.05) is 19.7 Å². The first kappa shape index (κ1) is 15.0. The summed E-state index contributed by atoms with van der Waals surface area (Å²) in [6.45, 7) is 5.00. The normalized spacial score (nSPS) is 10.0. The van der Waals surface area contributed by atoms with Gasteiger partial charge in [0, 0.05) is 18.7 Å². The molecule has 5 nitrogen and oxygen atoms in total. The molecule has 0 atom stereocenters. The molecule has 0 saturated carbocycles. The summed E-state index contributed by atoms with van der Waals surface area (Å²) in [5, 5.41) is 8.80. The molecule has 0 bridgehead atoms. The fourth-order valence-corrected chi connectivity index (χ4v) is 1.76. The van der Waals surface area contributed by atoms with Gasteiger partial charge >= 0.3 is 5.97 Å². The molecule has 0 spiro atoms. The lowest BCUT2D eigenvalue weighted by Gasteiger charge is -2.19. The Labute approximate surface area is 112 Å². The highest BCUT2D eigenvalue weighted by atomic mass is 16.5. The highest BCUT2D eigenvalue weighted by Gasteiger charge is 2.12. The summed E-state index contributed by atoms with van der Waals surface area (Å²) in [4.78, 5) is 24.2. The number of hydrogen-bond acceptors (Lipinski definition) is 3. The fourth-order valence-electron chi connectivity index (χ4n) is 1.76. The van der Waals surface area contributed by atoms with Gasteiger partial charge in [-0.05, 0) is 19.9 Å². The molecule has 1 amide bonds. The number of nitrogens with zero attached hydrogens (tertiary/aromatic N) is 1. The summed E-state index contributed by atoms with van der Waals surface area (Å²) in [5.41, 5.74) is 0.572. The average molecular weight is 265 g/mol. The van der Waals surface area contributed by atoms with E-state index in [2.05, 4.69) is 0 Å². The third kappa shape index (κ3) is 4.62. The second kappa shape index (κ2) is 7.41. The Morgan fingerprint density at radius 2 is 1.84 bits per heavy atom. The van der Waals surface area contributed by atoms with Crippen molar-refractivity contribution in [2.45, 2.75) is 20.3 Å². The van der Waals surface area contributed by atoms with E-state index in [1.54, 1.807) is 29.2 Å². The molecule has 104 valence electrons. The molecule has 0 aliphatic rings. The maximum absolute atomic E-state index is 11.8. The molecule has 0 saturated heterocycles. The van der Waals surface area contributed by atoms with Gasteiger partial charge in [0.05, 0.1) is 6.42 Å². The summed E-state index contributed by atoms with van der Waals surface area (Å²) < 4.78 is 5.43. The van der Waals surface area contributed by atoms with Gasteiger partial charge in [0.1, 0.15) is 5.75 Å². The van der Waals surface area contributed by atoms with Gasteiger partial charge in [-0.3, -0.25) is 9.59 Å². The van der Waals surface area contributed by atoms with Crippen LogP contribution in [0.15, 0.2) is 24.3 Å². The highest BCUT2D eigenvalue weighted by molar-refractivity contribution is 5.78. The summed E-state index contributed by atoms with van der Waals surface area (Å²) >= 11 is 0. The molecule has 0 radical (unpaired) electrons. The van der Waals surface area contributed by atoms with Crippen molar-refractivity contribution < 1.29 is 19.4 Å². The number of carbonyl (C=O) groups is 2. The number of hydrogen-bond donors (Lipinski definition) is 1. The van der Waals surface area contributed by atoms with Crippen molar-refractivity contribution in [1.82, 2.24) is 4.90 Å². The van der Waals surface area contributed by atoms with E-state index in [0.29, 0.717) is 24.4 Å². The zero-order valence-electron chi connectivity index (χ0n) is 11.3. The van der Waals surface area contributed by atoms with Crippen molar-refractivity contribution in [2.24, 2.45) is 0 Å². The van der Waals surface area contributed by atoms with Gasteiger partial charge in [-0.2, -0.15) is 0 Å². The number of carbonyl (C=O) groups excluding carboxylic acids is 1. The van der Waals surface area contributed by atoms with E-state index in [-0.39, 0.29) is 18.9 Å². The van der Waals surface area contributed by atoms with Crippen LogP contribution in [0.5, 0.6) is 5.75 Å². The molecular weight excluding hydrogens is 246 g/mol. The molecule has 1 aromatic carbocycles. The van der Waals surface area contributed by atoms with Gasteiger partial charge in [0.2, 0.25) is 0 Å². The van der Waals surface area contributed by atoms with Crippen molar-refractivity contribution >= 4 is 11.9 Å². The fraction of sp³-hybridized carbons (Fsp3) is 0.429. The van der Waals surface area contributed by atoms with E-state index in [1.807, 2.05) is 13.8 Å². The van der Waals surface area contributed by atoms with Crippen LogP contribution in [0.4, 0.5) is 0 Å². The molecule has 1 aromatic rings. The highest BCUT2D eigenvalue weighted by Crippen LogP contribution is 2.18. The van der Waals surface area contributed by atoms with Crippen LogP contribution in [0.1, 0.15) is 19.4 Å². The van der Waals surface area contributed by atoms with Crippen LogP contribution in [0.25, 0.3) is 0 Å². The number of rotatable bonds is 7. The van der Waals surface area contributed by atoms with Gasteiger partial charge in [-0.15, -0.1) is 0 Å². The van der Waals surface area contributed by atoms with Gasteiger partial charge < -0.3 is 14.7 Å². The van der Waals surface area contributed by atoms with E-state index in [0.717, 1.165) is 0 Å². The predicted molar refractivity (Wildman–Crippen MR) is 71.2 cm³/mol. The summed E-state index contributed by atoms with van der Waals surface area (Å²) in [5.74, 6) is -0.577. The van der Waals surface area contributed by atoms with E-state index in [9.17, 15) is 9.59 Å². The van der Waals surface area contributed by atoms with Crippen molar-refractivity contribution in [3.8, 4) is 5.75 Å². The smallest absolute Gasteiger partial charge is 0.307 e. The first-order valence-electron chi connectivity index (χ1n) is 6.28.